The fourth-order valence-electron chi connectivity index (χ4n) is 3.95. The first-order valence-corrected chi connectivity index (χ1v) is 10.2. The van der Waals surface area contributed by atoms with E-state index in [2.05, 4.69) is 24.3 Å². The van der Waals surface area contributed by atoms with E-state index in [0.29, 0.717) is 34.5 Å². The van der Waals surface area contributed by atoms with E-state index >= 15 is 0 Å². The number of amides is 2. The number of hydrogen-bond acceptors (Lipinski definition) is 3. The Morgan fingerprint density at radius 1 is 1.43 bits per heavy atom. The van der Waals surface area contributed by atoms with E-state index < -0.39 is 5.54 Å². The van der Waals surface area contributed by atoms with E-state index in [-0.39, 0.29) is 17.7 Å². The maximum atomic E-state index is 12.8. The van der Waals surface area contributed by atoms with Crippen molar-refractivity contribution in [3.8, 4) is 0 Å². The number of aromatic nitrogens is 2. The standard InChI is InChI=1S/C21H29ClN4O2/c1-13(2)9-14-10-15(14)20(28)25(5)12-21(3,4)24-19(27)16-11-23-26-8-6-7-17(22)18(16)26/h6-8,11,13-15H,9-10,12H2,1-5H3,(H,24,27)/t14-,15-/m1/s1. The van der Waals surface area contributed by atoms with Crippen LogP contribution in [0.2, 0.25) is 5.02 Å². The first-order chi connectivity index (χ1) is 13.1. The first kappa shape index (κ1) is 20.6. The zero-order chi connectivity index (χ0) is 20.6. The molecular weight excluding hydrogens is 376 g/mol. The van der Waals surface area contributed by atoms with Gasteiger partial charge in [-0.05, 0) is 50.7 Å². The summed E-state index contributed by atoms with van der Waals surface area (Å²) < 4.78 is 1.59. The lowest BCUT2D eigenvalue weighted by Gasteiger charge is -2.31. The Kier molecular flexibility index (Phi) is 5.71. The summed E-state index contributed by atoms with van der Waals surface area (Å²) in [6.07, 6.45) is 5.34. The minimum atomic E-state index is -0.584. The Labute approximate surface area is 171 Å². The second-order valence-electron chi connectivity index (χ2n) is 8.97. The van der Waals surface area contributed by atoms with Crippen molar-refractivity contribution < 1.29 is 9.59 Å². The van der Waals surface area contributed by atoms with Gasteiger partial charge in [0, 0.05) is 25.7 Å². The Hall–Kier alpha value is -2.08. The molecule has 3 rings (SSSR count). The van der Waals surface area contributed by atoms with Crippen LogP contribution in [0.15, 0.2) is 24.5 Å². The van der Waals surface area contributed by atoms with E-state index in [0.717, 1.165) is 12.8 Å². The summed E-state index contributed by atoms with van der Waals surface area (Å²) >= 11 is 6.24. The van der Waals surface area contributed by atoms with Gasteiger partial charge in [0.25, 0.3) is 5.91 Å². The molecule has 0 unspecified atom stereocenters. The average Bonchev–Trinajstić information content (AvgIpc) is 3.18. The van der Waals surface area contributed by atoms with Crippen LogP contribution in [0.25, 0.3) is 5.52 Å². The third kappa shape index (κ3) is 4.49. The highest BCUT2D eigenvalue weighted by atomic mass is 35.5. The number of fused-ring (bicyclic) bond motifs is 1. The molecule has 28 heavy (non-hydrogen) atoms. The van der Waals surface area contributed by atoms with Crippen LogP contribution in [0.5, 0.6) is 0 Å². The molecule has 2 aromatic rings. The fraction of sp³-hybridized carbons (Fsp3) is 0.571. The quantitative estimate of drug-likeness (QED) is 0.766. The lowest BCUT2D eigenvalue weighted by atomic mass is 10.0. The second kappa shape index (κ2) is 7.74. The summed E-state index contributed by atoms with van der Waals surface area (Å²) in [5.74, 6) is 1.18. The normalized spacial score (nSPS) is 19.1. The van der Waals surface area contributed by atoms with Crippen molar-refractivity contribution in [3.05, 3.63) is 35.1 Å². The average molecular weight is 405 g/mol. The number of halogens is 1. The Bertz CT molecular complexity index is 890. The third-order valence-electron chi connectivity index (χ3n) is 5.21. The molecule has 152 valence electrons. The van der Waals surface area contributed by atoms with Gasteiger partial charge in [-0.3, -0.25) is 9.59 Å². The molecule has 0 radical (unpaired) electrons. The highest BCUT2D eigenvalue weighted by Gasteiger charge is 2.44. The zero-order valence-electron chi connectivity index (χ0n) is 17.2. The van der Waals surface area contributed by atoms with E-state index in [1.807, 2.05) is 20.9 Å². The molecule has 2 amide bonds. The summed E-state index contributed by atoms with van der Waals surface area (Å²) in [6, 6.07) is 3.51. The van der Waals surface area contributed by atoms with Crippen LogP contribution in [0.3, 0.4) is 0 Å². The van der Waals surface area contributed by atoms with Gasteiger partial charge in [-0.1, -0.05) is 25.4 Å². The van der Waals surface area contributed by atoms with Crippen LogP contribution < -0.4 is 5.32 Å². The molecule has 0 aromatic carbocycles. The molecule has 7 heteroatoms. The fourth-order valence-corrected chi connectivity index (χ4v) is 4.21. The topological polar surface area (TPSA) is 66.7 Å². The number of hydrogen-bond donors (Lipinski definition) is 1. The van der Waals surface area contributed by atoms with Crippen molar-refractivity contribution in [3.63, 3.8) is 0 Å². The van der Waals surface area contributed by atoms with Gasteiger partial charge in [0.1, 0.15) is 0 Å². The highest BCUT2D eigenvalue weighted by Crippen LogP contribution is 2.44. The minimum absolute atomic E-state index is 0.136. The molecule has 1 N–H and O–H groups in total. The summed E-state index contributed by atoms with van der Waals surface area (Å²) in [7, 11) is 1.81. The number of carbonyl (C=O) groups is 2. The Balaban J connectivity index is 1.63. The van der Waals surface area contributed by atoms with Crippen LogP contribution in [-0.2, 0) is 4.79 Å². The summed E-state index contributed by atoms with van der Waals surface area (Å²) in [5.41, 5.74) is 0.419. The van der Waals surface area contributed by atoms with Gasteiger partial charge in [-0.25, -0.2) is 4.52 Å². The predicted molar refractivity (Wildman–Crippen MR) is 110 cm³/mol. The van der Waals surface area contributed by atoms with Gasteiger partial charge >= 0.3 is 0 Å². The molecular formula is C21H29ClN4O2. The molecule has 0 bridgehead atoms. The van der Waals surface area contributed by atoms with Crippen molar-refractivity contribution in [2.24, 2.45) is 17.8 Å². The number of pyridine rings is 1. The number of likely N-dealkylation sites (N-methyl/N-ethyl adjacent to an activating group) is 1. The number of nitrogens with one attached hydrogen (secondary N) is 1. The molecule has 1 aliphatic rings. The SMILES string of the molecule is CC(C)C[C@@H]1C[C@H]1C(=O)N(C)CC(C)(C)NC(=O)c1cnn2cccc(Cl)c12. The summed E-state index contributed by atoms with van der Waals surface area (Å²) in [6.45, 7) is 8.65. The molecule has 0 spiro atoms. The zero-order valence-corrected chi connectivity index (χ0v) is 18.0. The van der Waals surface area contributed by atoms with E-state index in [1.165, 1.54) is 6.20 Å². The van der Waals surface area contributed by atoms with E-state index in [1.54, 1.807) is 27.7 Å². The Morgan fingerprint density at radius 2 is 2.14 bits per heavy atom. The lowest BCUT2D eigenvalue weighted by molar-refractivity contribution is -0.132. The largest absolute Gasteiger partial charge is 0.345 e. The molecule has 2 atom stereocenters. The van der Waals surface area contributed by atoms with Gasteiger partial charge < -0.3 is 10.2 Å². The molecule has 6 nitrogen and oxygen atoms in total. The predicted octanol–water partition coefficient (Wildman–Crippen LogP) is 3.64. The van der Waals surface area contributed by atoms with Crippen molar-refractivity contribution in [1.82, 2.24) is 19.8 Å². The van der Waals surface area contributed by atoms with Crippen LogP contribution in [0.4, 0.5) is 0 Å². The van der Waals surface area contributed by atoms with Crippen LogP contribution in [0, 0.1) is 17.8 Å². The maximum Gasteiger partial charge on any atom is 0.255 e. The van der Waals surface area contributed by atoms with Gasteiger partial charge in [0.2, 0.25) is 5.91 Å². The van der Waals surface area contributed by atoms with E-state index in [4.69, 9.17) is 11.6 Å². The van der Waals surface area contributed by atoms with Crippen LogP contribution in [-0.4, -0.2) is 45.5 Å². The number of carbonyl (C=O) groups excluding carboxylic acids is 2. The van der Waals surface area contributed by atoms with Gasteiger partial charge in [0.05, 0.1) is 27.8 Å². The summed E-state index contributed by atoms with van der Waals surface area (Å²) in [5, 5.41) is 7.68. The number of rotatable bonds is 7. The van der Waals surface area contributed by atoms with Crippen LogP contribution >= 0.6 is 11.6 Å². The summed E-state index contributed by atoms with van der Waals surface area (Å²) in [4.78, 5) is 27.3. The molecule has 0 saturated heterocycles. The molecule has 1 fully saturated rings. The third-order valence-corrected chi connectivity index (χ3v) is 5.52. The minimum Gasteiger partial charge on any atom is -0.345 e. The van der Waals surface area contributed by atoms with Crippen molar-refractivity contribution in [2.75, 3.05) is 13.6 Å². The first-order valence-electron chi connectivity index (χ1n) is 9.78. The Morgan fingerprint density at radius 3 is 2.82 bits per heavy atom. The van der Waals surface area contributed by atoms with Gasteiger partial charge in [0.15, 0.2) is 0 Å². The monoisotopic (exact) mass is 404 g/mol. The number of nitrogens with zero attached hydrogens (tertiary/aromatic N) is 3. The van der Waals surface area contributed by atoms with Crippen LogP contribution in [0.1, 0.15) is 50.9 Å². The highest BCUT2D eigenvalue weighted by molar-refractivity contribution is 6.34. The molecule has 0 aliphatic heterocycles. The van der Waals surface area contributed by atoms with Crippen molar-refractivity contribution in [1.29, 1.82) is 0 Å². The lowest BCUT2D eigenvalue weighted by Crippen LogP contribution is -2.52. The van der Waals surface area contributed by atoms with Crippen molar-refractivity contribution >= 4 is 28.9 Å². The van der Waals surface area contributed by atoms with Crippen molar-refractivity contribution in [2.45, 2.75) is 46.1 Å². The second-order valence-corrected chi connectivity index (χ2v) is 9.38. The van der Waals surface area contributed by atoms with E-state index in [9.17, 15) is 9.59 Å². The molecule has 2 aromatic heterocycles. The molecule has 2 heterocycles. The smallest absolute Gasteiger partial charge is 0.255 e. The van der Waals surface area contributed by atoms with Gasteiger partial charge in [-0.15, -0.1) is 0 Å². The molecule has 1 saturated carbocycles. The van der Waals surface area contributed by atoms with Gasteiger partial charge in [-0.2, -0.15) is 5.10 Å². The molecule has 1 aliphatic carbocycles. The maximum absolute atomic E-state index is 12.8.